The van der Waals surface area contributed by atoms with Crippen LogP contribution in [-0.4, -0.2) is 65.7 Å². The van der Waals surface area contributed by atoms with E-state index < -0.39 is 24.2 Å². The molecule has 11 heteroatoms. The Balaban J connectivity index is 1.73. The van der Waals surface area contributed by atoms with E-state index in [-0.39, 0.29) is 18.8 Å². The lowest BCUT2D eigenvalue weighted by Crippen LogP contribution is -2.39. The average Bonchev–Trinajstić information content (AvgIpc) is 3.21. The van der Waals surface area contributed by atoms with Crippen molar-refractivity contribution in [2.75, 3.05) is 6.54 Å². The van der Waals surface area contributed by atoms with Crippen molar-refractivity contribution >= 4 is 44.4 Å². The molecule has 4 rings (SSSR count). The summed E-state index contributed by atoms with van der Waals surface area (Å²) >= 11 is 3.41. The van der Waals surface area contributed by atoms with Gasteiger partial charge in [-0.25, -0.2) is 9.59 Å². The lowest BCUT2D eigenvalue weighted by Gasteiger charge is -2.16. The molecule has 3 aromatic rings. The van der Waals surface area contributed by atoms with Crippen molar-refractivity contribution in [3.8, 4) is 5.88 Å². The van der Waals surface area contributed by atoms with E-state index in [0.29, 0.717) is 11.0 Å². The summed E-state index contributed by atoms with van der Waals surface area (Å²) in [6.07, 6.45) is -0.442. The summed E-state index contributed by atoms with van der Waals surface area (Å²) in [6, 6.07) is 4.33. The number of fused-ring (bicyclic) bond motifs is 3. The smallest absolute Gasteiger partial charge is 0.408 e. The molecule has 1 fully saturated rings. The first-order valence-corrected chi connectivity index (χ1v) is 8.41. The van der Waals surface area contributed by atoms with Crippen LogP contribution in [0.3, 0.4) is 0 Å². The number of benzene rings is 1. The van der Waals surface area contributed by atoms with Crippen LogP contribution in [0.1, 0.15) is 6.42 Å². The third-order valence-corrected chi connectivity index (χ3v) is 4.75. The number of hydrogen-bond acceptors (Lipinski definition) is 6. The minimum atomic E-state index is -1.29. The molecule has 1 amide bonds. The van der Waals surface area contributed by atoms with Gasteiger partial charge < -0.3 is 14.9 Å². The van der Waals surface area contributed by atoms with Gasteiger partial charge in [-0.05, 0) is 18.2 Å². The molecule has 0 saturated carbocycles. The first-order valence-electron chi connectivity index (χ1n) is 7.62. The van der Waals surface area contributed by atoms with Gasteiger partial charge in [0.2, 0.25) is 5.88 Å². The summed E-state index contributed by atoms with van der Waals surface area (Å²) in [7, 11) is 0. The second kappa shape index (κ2) is 6.09. The Morgan fingerprint density at radius 1 is 1.27 bits per heavy atom. The van der Waals surface area contributed by atoms with E-state index >= 15 is 0 Å². The number of rotatable bonds is 3. The number of carbonyl (C=O) groups is 2. The van der Waals surface area contributed by atoms with Crippen LogP contribution in [0, 0.1) is 0 Å². The Bertz CT molecular complexity index is 1020. The van der Waals surface area contributed by atoms with Gasteiger partial charge in [0.25, 0.3) is 0 Å². The zero-order valence-corrected chi connectivity index (χ0v) is 14.7. The number of nitrogens with zero attached hydrogens (tertiary/aromatic N) is 5. The summed E-state index contributed by atoms with van der Waals surface area (Å²) in [6.45, 7) is -0.0494. The SMILES string of the molecule is O=C(O)[C@@H]1C[C@@H](Oc2nn3cnnc3c3cc(Br)ccc23)CN1C(=O)O. The standard InChI is InChI=1S/C15H12BrN5O5/c16-7-1-2-9-10(3-7)12-18-17-6-21(12)19-13(9)26-8-4-11(14(22)23)20(5-8)15(24)25/h1-3,6,8,11H,4-5H2,(H,22,23)(H,24,25)/t8-,11+/m1/s1. The van der Waals surface area contributed by atoms with Crippen molar-refractivity contribution in [3.63, 3.8) is 0 Å². The predicted molar refractivity (Wildman–Crippen MR) is 91.2 cm³/mol. The van der Waals surface area contributed by atoms with Crippen molar-refractivity contribution < 1.29 is 24.5 Å². The molecule has 1 aliphatic rings. The lowest BCUT2D eigenvalue weighted by molar-refractivity contribution is -0.141. The Hall–Kier alpha value is -2.95. The highest BCUT2D eigenvalue weighted by atomic mass is 79.9. The van der Waals surface area contributed by atoms with E-state index in [2.05, 4.69) is 31.2 Å². The molecule has 2 N–H and O–H groups in total. The average molecular weight is 422 g/mol. The molecule has 0 unspecified atom stereocenters. The molecule has 0 aliphatic carbocycles. The van der Waals surface area contributed by atoms with E-state index in [1.165, 1.54) is 10.8 Å². The highest BCUT2D eigenvalue weighted by molar-refractivity contribution is 9.10. The topological polar surface area (TPSA) is 130 Å². The molecular weight excluding hydrogens is 410 g/mol. The fourth-order valence-electron chi connectivity index (χ4n) is 3.09. The summed E-state index contributed by atoms with van der Waals surface area (Å²) in [5.74, 6) is -0.935. The molecule has 10 nitrogen and oxygen atoms in total. The molecular formula is C15H12BrN5O5. The van der Waals surface area contributed by atoms with Crippen LogP contribution < -0.4 is 4.74 Å². The number of carboxylic acid groups (broad SMARTS) is 2. The number of ether oxygens (including phenoxy) is 1. The van der Waals surface area contributed by atoms with Crippen molar-refractivity contribution in [2.45, 2.75) is 18.6 Å². The normalized spacial score (nSPS) is 20.0. The Labute approximate surface area is 154 Å². The van der Waals surface area contributed by atoms with E-state index in [1.807, 2.05) is 12.1 Å². The zero-order chi connectivity index (χ0) is 18.4. The maximum absolute atomic E-state index is 11.3. The van der Waals surface area contributed by atoms with E-state index in [9.17, 15) is 19.8 Å². The number of hydrogen-bond donors (Lipinski definition) is 2. The minimum absolute atomic E-state index is 0.0432. The van der Waals surface area contributed by atoms with Crippen molar-refractivity contribution in [3.05, 3.63) is 29.0 Å². The quantitative estimate of drug-likeness (QED) is 0.652. The molecule has 2 aromatic heterocycles. The van der Waals surface area contributed by atoms with Crippen molar-refractivity contribution in [2.24, 2.45) is 0 Å². The molecule has 1 aromatic carbocycles. The lowest BCUT2D eigenvalue weighted by atomic mass is 10.2. The van der Waals surface area contributed by atoms with Gasteiger partial charge in [0.15, 0.2) is 5.65 Å². The fraction of sp³-hybridized carbons (Fsp3) is 0.267. The summed E-state index contributed by atoms with van der Waals surface area (Å²) in [5, 5.41) is 32.1. The molecule has 0 radical (unpaired) electrons. The number of carboxylic acids is 1. The predicted octanol–water partition coefficient (Wildman–Crippen LogP) is 1.62. The highest BCUT2D eigenvalue weighted by Crippen LogP contribution is 2.31. The van der Waals surface area contributed by atoms with Gasteiger partial charge in [-0.3, -0.25) is 4.90 Å². The van der Waals surface area contributed by atoms with Gasteiger partial charge in [0.1, 0.15) is 18.5 Å². The summed E-state index contributed by atoms with van der Waals surface area (Å²) in [4.78, 5) is 23.4. The van der Waals surface area contributed by atoms with Gasteiger partial charge in [-0.1, -0.05) is 15.9 Å². The molecule has 0 spiro atoms. The largest absolute Gasteiger partial charge is 0.480 e. The Morgan fingerprint density at radius 3 is 2.77 bits per heavy atom. The number of likely N-dealkylation sites (tertiary alicyclic amines) is 1. The van der Waals surface area contributed by atoms with Gasteiger partial charge in [0, 0.05) is 21.7 Å². The van der Waals surface area contributed by atoms with Gasteiger partial charge >= 0.3 is 12.1 Å². The van der Waals surface area contributed by atoms with E-state index in [1.54, 1.807) is 6.07 Å². The molecule has 1 aliphatic heterocycles. The molecule has 3 heterocycles. The number of aliphatic carboxylic acids is 1. The van der Waals surface area contributed by atoms with E-state index in [4.69, 9.17) is 4.74 Å². The van der Waals surface area contributed by atoms with Crippen LogP contribution in [0.15, 0.2) is 29.0 Å². The maximum atomic E-state index is 11.3. The van der Waals surface area contributed by atoms with E-state index in [0.717, 1.165) is 14.8 Å². The van der Waals surface area contributed by atoms with Crippen LogP contribution >= 0.6 is 15.9 Å². The second-order valence-corrected chi connectivity index (χ2v) is 6.77. The summed E-state index contributed by atoms with van der Waals surface area (Å²) < 4.78 is 8.20. The highest BCUT2D eigenvalue weighted by Gasteiger charge is 2.41. The van der Waals surface area contributed by atoms with Gasteiger partial charge in [-0.15, -0.1) is 15.3 Å². The molecule has 2 atom stereocenters. The third kappa shape index (κ3) is 2.69. The maximum Gasteiger partial charge on any atom is 0.408 e. The zero-order valence-electron chi connectivity index (χ0n) is 13.1. The first kappa shape index (κ1) is 16.5. The Morgan fingerprint density at radius 2 is 2.08 bits per heavy atom. The minimum Gasteiger partial charge on any atom is -0.480 e. The number of amides is 1. The van der Waals surface area contributed by atoms with Crippen LogP contribution in [-0.2, 0) is 4.79 Å². The number of aromatic nitrogens is 4. The molecule has 134 valence electrons. The van der Waals surface area contributed by atoms with Crippen LogP contribution in [0.5, 0.6) is 5.88 Å². The van der Waals surface area contributed by atoms with Crippen molar-refractivity contribution in [1.29, 1.82) is 0 Å². The van der Waals surface area contributed by atoms with Crippen LogP contribution in [0.2, 0.25) is 0 Å². The monoisotopic (exact) mass is 421 g/mol. The third-order valence-electron chi connectivity index (χ3n) is 4.25. The molecule has 26 heavy (non-hydrogen) atoms. The summed E-state index contributed by atoms with van der Waals surface area (Å²) in [5.41, 5.74) is 0.552. The molecule has 0 bridgehead atoms. The van der Waals surface area contributed by atoms with Crippen LogP contribution in [0.25, 0.3) is 16.4 Å². The van der Waals surface area contributed by atoms with Crippen molar-refractivity contribution in [1.82, 2.24) is 24.7 Å². The fourth-order valence-corrected chi connectivity index (χ4v) is 3.45. The Kier molecular flexibility index (Phi) is 3.87. The second-order valence-electron chi connectivity index (χ2n) is 5.86. The molecule has 1 saturated heterocycles. The van der Waals surface area contributed by atoms with Gasteiger partial charge in [-0.2, -0.15) is 4.52 Å². The van der Waals surface area contributed by atoms with Gasteiger partial charge in [0.05, 0.1) is 6.54 Å². The number of halogens is 1. The first-order chi connectivity index (χ1) is 12.4. The van der Waals surface area contributed by atoms with Crippen LogP contribution in [0.4, 0.5) is 4.79 Å².